The van der Waals surface area contributed by atoms with Gasteiger partial charge in [-0.3, -0.25) is 9.69 Å². The zero-order valence-electron chi connectivity index (χ0n) is 20.3. The molecule has 0 atom stereocenters. The maximum Gasteiger partial charge on any atom is 0.417 e. The summed E-state index contributed by atoms with van der Waals surface area (Å²) in [6.45, 7) is 6.07. The molecule has 0 radical (unpaired) electrons. The normalized spacial score (nSPS) is 12.0. The third kappa shape index (κ3) is 6.60. The maximum absolute atomic E-state index is 14.0. The summed E-state index contributed by atoms with van der Waals surface area (Å²) in [5, 5.41) is 8.88. The predicted molar refractivity (Wildman–Crippen MR) is 135 cm³/mol. The van der Waals surface area contributed by atoms with E-state index in [2.05, 4.69) is 11.6 Å². The second-order valence-corrected chi connectivity index (χ2v) is 8.40. The first-order valence-corrected chi connectivity index (χ1v) is 11.1. The summed E-state index contributed by atoms with van der Waals surface area (Å²) >= 11 is 0. The molecule has 0 spiro atoms. The van der Waals surface area contributed by atoms with E-state index in [-0.39, 0.29) is 23.6 Å². The second-order valence-electron chi connectivity index (χ2n) is 8.40. The van der Waals surface area contributed by atoms with E-state index >= 15 is 0 Å². The molecule has 0 aromatic heterocycles. The molecule has 3 rings (SSSR count). The van der Waals surface area contributed by atoms with Gasteiger partial charge in [0.1, 0.15) is 0 Å². The number of aliphatic imine (C=N–C) groups is 1. The first kappa shape index (κ1) is 26.7. The van der Waals surface area contributed by atoms with Crippen molar-refractivity contribution in [1.29, 1.82) is 0 Å². The molecule has 0 amide bonds. The molecule has 5 nitrogen and oxygen atoms in total. The van der Waals surface area contributed by atoms with Gasteiger partial charge in [0, 0.05) is 12.1 Å². The lowest BCUT2D eigenvalue weighted by molar-refractivity contribution is -0.138. The number of hydrogen-bond acceptors (Lipinski definition) is 4. The summed E-state index contributed by atoms with van der Waals surface area (Å²) in [6, 6.07) is 18.1. The minimum atomic E-state index is -4.58. The molecular weight excluding hydrogens is 469 g/mol. The Morgan fingerprint density at radius 1 is 1.03 bits per heavy atom. The van der Waals surface area contributed by atoms with Crippen LogP contribution in [0.4, 0.5) is 13.2 Å². The number of aliphatic carboxylic acids is 1. The van der Waals surface area contributed by atoms with Gasteiger partial charge >= 0.3 is 12.1 Å². The summed E-state index contributed by atoms with van der Waals surface area (Å²) in [5.74, 6) is -0.906. The van der Waals surface area contributed by atoms with Crippen molar-refractivity contribution in [3.05, 3.63) is 101 Å². The molecule has 0 aliphatic rings. The lowest BCUT2D eigenvalue weighted by Gasteiger charge is -2.17. The van der Waals surface area contributed by atoms with Gasteiger partial charge < -0.3 is 9.84 Å². The Hall–Kier alpha value is -3.91. The molecule has 8 heteroatoms. The monoisotopic (exact) mass is 496 g/mol. The predicted octanol–water partition coefficient (Wildman–Crippen LogP) is 6.26. The van der Waals surface area contributed by atoms with Crippen LogP contribution in [0.1, 0.15) is 27.8 Å². The molecule has 1 N–H and O–H groups in total. The third-order valence-electron chi connectivity index (χ3n) is 5.58. The smallest absolute Gasteiger partial charge is 0.417 e. The molecule has 0 heterocycles. The van der Waals surface area contributed by atoms with Gasteiger partial charge in [0.25, 0.3) is 0 Å². The fourth-order valence-corrected chi connectivity index (χ4v) is 3.84. The van der Waals surface area contributed by atoms with Crippen LogP contribution in [0.15, 0.2) is 78.3 Å². The zero-order chi connectivity index (χ0) is 26.5. The van der Waals surface area contributed by atoms with E-state index in [9.17, 15) is 18.0 Å². The molecule has 0 aliphatic heterocycles. The van der Waals surface area contributed by atoms with Crippen LogP contribution in [0.2, 0.25) is 0 Å². The van der Waals surface area contributed by atoms with E-state index in [1.165, 1.54) is 13.2 Å². The summed E-state index contributed by atoms with van der Waals surface area (Å²) in [5.41, 5.74) is 2.59. The van der Waals surface area contributed by atoms with E-state index in [1.807, 2.05) is 12.1 Å². The van der Waals surface area contributed by atoms with Gasteiger partial charge in [-0.2, -0.15) is 13.2 Å². The lowest BCUT2D eigenvalue weighted by Crippen LogP contribution is -2.25. The number of methoxy groups -OCH3 is 1. The summed E-state index contributed by atoms with van der Waals surface area (Å²) < 4.78 is 47.4. The van der Waals surface area contributed by atoms with E-state index in [1.54, 1.807) is 61.3 Å². The number of rotatable bonds is 8. The van der Waals surface area contributed by atoms with Crippen molar-refractivity contribution in [3.63, 3.8) is 0 Å². The molecule has 0 saturated heterocycles. The SMILES string of the molecule is C=C(N=C(OC)c1ccc(-c2ccccc2C)c(C(F)(F)F)c1)c1ccc(CN(C)CC(=O)O)cc1. The van der Waals surface area contributed by atoms with Gasteiger partial charge in [-0.05, 0) is 53.9 Å². The van der Waals surface area contributed by atoms with Crippen molar-refractivity contribution in [1.82, 2.24) is 4.90 Å². The minimum absolute atomic E-state index is 0.00658. The number of nitrogens with zero attached hydrogens (tertiary/aromatic N) is 2. The number of alkyl halides is 3. The highest BCUT2D eigenvalue weighted by Crippen LogP contribution is 2.39. The first-order valence-electron chi connectivity index (χ1n) is 11.1. The van der Waals surface area contributed by atoms with Gasteiger partial charge in [0.15, 0.2) is 0 Å². The average molecular weight is 497 g/mol. The topological polar surface area (TPSA) is 62.1 Å². The van der Waals surface area contributed by atoms with Crippen molar-refractivity contribution in [2.75, 3.05) is 20.7 Å². The number of likely N-dealkylation sites (N-methyl/N-ethyl adjacent to an activating group) is 1. The van der Waals surface area contributed by atoms with Crippen molar-refractivity contribution in [3.8, 4) is 11.1 Å². The van der Waals surface area contributed by atoms with Crippen LogP contribution in [0.5, 0.6) is 0 Å². The van der Waals surface area contributed by atoms with Crippen molar-refractivity contribution in [2.45, 2.75) is 19.6 Å². The van der Waals surface area contributed by atoms with Gasteiger partial charge in [0.2, 0.25) is 5.90 Å². The van der Waals surface area contributed by atoms with E-state index in [0.29, 0.717) is 23.4 Å². The molecule has 3 aromatic carbocycles. The largest absolute Gasteiger partial charge is 0.481 e. The fraction of sp³-hybridized carbons (Fsp3) is 0.214. The van der Waals surface area contributed by atoms with Gasteiger partial charge in [-0.15, -0.1) is 0 Å². The zero-order valence-corrected chi connectivity index (χ0v) is 20.3. The van der Waals surface area contributed by atoms with Crippen LogP contribution in [-0.4, -0.2) is 42.6 Å². The quantitative estimate of drug-likeness (QED) is 0.295. The number of carbonyl (C=O) groups is 1. The summed E-state index contributed by atoms with van der Waals surface area (Å²) in [6.07, 6.45) is -4.58. The van der Waals surface area contributed by atoms with E-state index in [0.717, 1.165) is 17.2 Å². The van der Waals surface area contributed by atoms with Crippen LogP contribution in [0, 0.1) is 6.92 Å². The highest BCUT2D eigenvalue weighted by Gasteiger charge is 2.34. The Kier molecular flexibility index (Phi) is 8.32. The van der Waals surface area contributed by atoms with Crippen LogP contribution >= 0.6 is 0 Å². The van der Waals surface area contributed by atoms with E-state index in [4.69, 9.17) is 9.84 Å². The Morgan fingerprint density at radius 2 is 1.67 bits per heavy atom. The standard InChI is InChI=1S/C28H27F3N2O3/c1-18-7-5-6-8-23(18)24-14-13-22(15-25(24)28(29,30)31)27(36-4)32-19(2)21-11-9-20(10-12-21)16-33(3)17-26(34)35/h5-15H,2,16-17H2,1,3-4H3,(H,34,35). The van der Waals surface area contributed by atoms with Crippen LogP contribution in [0.25, 0.3) is 16.8 Å². The molecule has 3 aromatic rings. The molecule has 0 unspecified atom stereocenters. The molecule has 36 heavy (non-hydrogen) atoms. The molecule has 0 fully saturated rings. The van der Waals surface area contributed by atoms with Gasteiger partial charge in [-0.25, -0.2) is 4.99 Å². The Balaban J connectivity index is 1.90. The number of hydrogen-bond donors (Lipinski definition) is 1. The molecule has 188 valence electrons. The Bertz CT molecular complexity index is 1280. The number of halogens is 3. The van der Waals surface area contributed by atoms with Crippen molar-refractivity contribution < 1.29 is 27.8 Å². The average Bonchev–Trinajstić information content (AvgIpc) is 2.82. The molecule has 0 aliphatic carbocycles. The van der Waals surface area contributed by atoms with Gasteiger partial charge in [0.05, 0.1) is 24.9 Å². The number of carboxylic acid groups (broad SMARTS) is 1. The van der Waals surface area contributed by atoms with Gasteiger partial charge in [-0.1, -0.05) is 61.2 Å². The summed E-state index contributed by atoms with van der Waals surface area (Å²) in [7, 11) is 3.05. The van der Waals surface area contributed by atoms with E-state index < -0.39 is 17.7 Å². The summed E-state index contributed by atoms with van der Waals surface area (Å²) in [4.78, 5) is 16.8. The van der Waals surface area contributed by atoms with Crippen molar-refractivity contribution in [2.24, 2.45) is 4.99 Å². The molecule has 0 saturated carbocycles. The van der Waals surface area contributed by atoms with Crippen molar-refractivity contribution >= 4 is 17.6 Å². The highest BCUT2D eigenvalue weighted by atomic mass is 19.4. The second kappa shape index (κ2) is 11.2. The first-order chi connectivity index (χ1) is 17.0. The fourth-order valence-electron chi connectivity index (χ4n) is 3.84. The number of aryl methyl sites for hydroxylation is 1. The molecule has 0 bridgehead atoms. The minimum Gasteiger partial charge on any atom is -0.481 e. The highest BCUT2D eigenvalue weighted by molar-refractivity contribution is 5.98. The maximum atomic E-state index is 14.0. The van der Waals surface area contributed by atoms with Crippen LogP contribution < -0.4 is 0 Å². The lowest BCUT2D eigenvalue weighted by atomic mass is 9.94. The van der Waals surface area contributed by atoms with Crippen LogP contribution in [0.3, 0.4) is 0 Å². The molecular formula is C28H27F3N2O3. The number of benzene rings is 3. The Morgan fingerprint density at radius 3 is 2.25 bits per heavy atom. The number of ether oxygens (including phenoxy) is 1. The number of carboxylic acids is 1. The van der Waals surface area contributed by atoms with Crippen LogP contribution in [-0.2, 0) is 22.3 Å². The Labute approximate surface area is 208 Å². The third-order valence-corrected chi connectivity index (χ3v) is 5.58.